The van der Waals surface area contributed by atoms with Crippen LogP contribution in [-0.2, 0) is 0 Å². The molecule has 9 heavy (non-hydrogen) atoms. The lowest BCUT2D eigenvalue weighted by Gasteiger charge is -2.17. The third kappa shape index (κ3) is 11.5. The largest absolute Gasteiger partial charge is 0.376 e. The monoisotopic (exact) mass is 151 g/mol. The van der Waals surface area contributed by atoms with Gasteiger partial charge in [0.15, 0.2) is 0 Å². The molecule has 0 amide bonds. The Balaban J connectivity index is 0. The molecule has 2 N–H and O–H groups in total. The number of halogens is 1. The fourth-order valence-electron chi connectivity index (χ4n) is 0.322. The summed E-state index contributed by atoms with van der Waals surface area (Å²) in [6.07, 6.45) is 1.71. The summed E-state index contributed by atoms with van der Waals surface area (Å²) in [6, 6.07) is 0. The average Bonchev–Trinajstić information content (AvgIpc) is 1.59. The molecule has 0 aromatic heterocycles. The molecule has 0 spiro atoms. The molecule has 0 aliphatic rings. The van der Waals surface area contributed by atoms with E-state index in [2.05, 4.69) is 11.9 Å². The van der Waals surface area contributed by atoms with Crippen LogP contribution in [0.4, 0.5) is 0 Å². The molecule has 2 nitrogen and oxygen atoms in total. The lowest BCUT2D eigenvalue weighted by Crippen LogP contribution is -2.38. The Morgan fingerprint density at radius 1 is 1.67 bits per heavy atom. The molecule has 0 heterocycles. The van der Waals surface area contributed by atoms with E-state index < -0.39 is 5.72 Å². The second kappa shape index (κ2) is 4.79. The molecule has 0 atom stereocenters. The van der Waals surface area contributed by atoms with Crippen molar-refractivity contribution < 1.29 is 5.11 Å². The number of rotatable bonds is 3. The highest BCUT2D eigenvalue weighted by Crippen LogP contribution is 1.91. The Bertz CT molecular complexity index is 77.6. The van der Waals surface area contributed by atoms with Crippen LogP contribution >= 0.6 is 12.4 Å². The standard InChI is InChI=1S/C6H13NO.ClH/c1-4-5-7-6(2,3)8;/h4,7-8H,1,5H2,2-3H3;1H. The van der Waals surface area contributed by atoms with Gasteiger partial charge in [-0.05, 0) is 13.8 Å². The van der Waals surface area contributed by atoms with Gasteiger partial charge in [0, 0.05) is 6.54 Å². The van der Waals surface area contributed by atoms with Crippen molar-refractivity contribution in [3.8, 4) is 0 Å². The van der Waals surface area contributed by atoms with Gasteiger partial charge in [0.25, 0.3) is 0 Å². The lowest BCUT2D eigenvalue weighted by atomic mass is 10.3. The third-order valence-electron chi connectivity index (χ3n) is 0.679. The van der Waals surface area contributed by atoms with Crippen molar-refractivity contribution in [2.45, 2.75) is 19.6 Å². The highest BCUT2D eigenvalue weighted by atomic mass is 35.5. The van der Waals surface area contributed by atoms with Crippen molar-refractivity contribution in [1.29, 1.82) is 0 Å². The minimum Gasteiger partial charge on any atom is -0.376 e. The van der Waals surface area contributed by atoms with E-state index in [4.69, 9.17) is 5.11 Å². The van der Waals surface area contributed by atoms with Crippen LogP contribution in [0.1, 0.15) is 13.8 Å². The van der Waals surface area contributed by atoms with Crippen LogP contribution in [0.5, 0.6) is 0 Å². The van der Waals surface area contributed by atoms with E-state index >= 15 is 0 Å². The Labute approximate surface area is 62.4 Å². The summed E-state index contributed by atoms with van der Waals surface area (Å²) < 4.78 is 0. The predicted molar refractivity (Wildman–Crippen MR) is 41.7 cm³/mol. The van der Waals surface area contributed by atoms with Crippen molar-refractivity contribution in [2.24, 2.45) is 0 Å². The Morgan fingerprint density at radius 3 is 2.22 bits per heavy atom. The van der Waals surface area contributed by atoms with E-state index in [0.717, 1.165) is 0 Å². The maximum absolute atomic E-state index is 8.99. The molecule has 0 aromatic carbocycles. The molecule has 0 saturated carbocycles. The molecule has 0 aliphatic heterocycles. The van der Waals surface area contributed by atoms with Crippen LogP contribution in [0, 0.1) is 0 Å². The van der Waals surface area contributed by atoms with Crippen molar-refractivity contribution in [2.75, 3.05) is 6.54 Å². The summed E-state index contributed by atoms with van der Waals surface area (Å²) in [7, 11) is 0. The first-order chi connectivity index (χ1) is 3.56. The van der Waals surface area contributed by atoms with Crippen LogP contribution < -0.4 is 5.32 Å². The summed E-state index contributed by atoms with van der Waals surface area (Å²) >= 11 is 0. The first-order valence-corrected chi connectivity index (χ1v) is 2.64. The van der Waals surface area contributed by atoms with Gasteiger partial charge in [-0.15, -0.1) is 19.0 Å². The second-order valence-corrected chi connectivity index (χ2v) is 2.23. The summed E-state index contributed by atoms with van der Waals surface area (Å²) in [5, 5.41) is 11.8. The molecule has 0 fully saturated rings. The van der Waals surface area contributed by atoms with Gasteiger partial charge in [0.05, 0.1) is 0 Å². The zero-order valence-corrected chi connectivity index (χ0v) is 6.66. The molecular weight excluding hydrogens is 138 g/mol. The zero-order valence-electron chi connectivity index (χ0n) is 5.85. The van der Waals surface area contributed by atoms with Gasteiger partial charge in [0.1, 0.15) is 5.72 Å². The van der Waals surface area contributed by atoms with Gasteiger partial charge >= 0.3 is 0 Å². The maximum Gasteiger partial charge on any atom is 0.110 e. The molecule has 0 unspecified atom stereocenters. The van der Waals surface area contributed by atoms with Crippen molar-refractivity contribution in [3.05, 3.63) is 12.7 Å². The zero-order chi connectivity index (χ0) is 6.62. The van der Waals surface area contributed by atoms with Crippen LogP contribution in [-0.4, -0.2) is 17.4 Å². The smallest absolute Gasteiger partial charge is 0.110 e. The first kappa shape index (κ1) is 11.7. The van der Waals surface area contributed by atoms with Gasteiger partial charge in [-0.3, -0.25) is 5.32 Å². The molecule has 0 bridgehead atoms. The van der Waals surface area contributed by atoms with Crippen LogP contribution in [0.25, 0.3) is 0 Å². The molecule has 0 aromatic rings. The van der Waals surface area contributed by atoms with E-state index in [1.807, 2.05) is 0 Å². The fourth-order valence-corrected chi connectivity index (χ4v) is 0.322. The van der Waals surface area contributed by atoms with E-state index in [1.165, 1.54) is 0 Å². The Morgan fingerprint density at radius 2 is 2.11 bits per heavy atom. The quantitative estimate of drug-likeness (QED) is 0.464. The molecular formula is C6H14ClNO. The molecule has 0 radical (unpaired) electrons. The van der Waals surface area contributed by atoms with E-state index in [-0.39, 0.29) is 12.4 Å². The lowest BCUT2D eigenvalue weighted by molar-refractivity contribution is 0.0476. The number of nitrogens with one attached hydrogen (secondary N) is 1. The maximum atomic E-state index is 8.99. The van der Waals surface area contributed by atoms with E-state index in [1.54, 1.807) is 19.9 Å². The molecule has 0 saturated heterocycles. The summed E-state index contributed by atoms with van der Waals surface area (Å²) in [4.78, 5) is 0. The second-order valence-electron chi connectivity index (χ2n) is 2.23. The number of aliphatic hydroxyl groups is 1. The van der Waals surface area contributed by atoms with Crippen molar-refractivity contribution in [3.63, 3.8) is 0 Å². The SMILES string of the molecule is C=CCNC(C)(C)O.Cl. The van der Waals surface area contributed by atoms with Gasteiger partial charge in [-0.2, -0.15) is 0 Å². The number of hydrogen-bond acceptors (Lipinski definition) is 2. The Hall–Kier alpha value is -0.0500. The fraction of sp³-hybridized carbons (Fsp3) is 0.667. The Kier molecular flexibility index (Phi) is 6.24. The van der Waals surface area contributed by atoms with Crippen molar-refractivity contribution in [1.82, 2.24) is 5.32 Å². The summed E-state index contributed by atoms with van der Waals surface area (Å²) in [5.74, 6) is 0. The average molecular weight is 152 g/mol. The molecule has 56 valence electrons. The first-order valence-electron chi connectivity index (χ1n) is 2.64. The van der Waals surface area contributed by atoms with Crippen LogP contribution in [0.3, 0.4) is 0 Å². The van der Waals surface area contributed by atoms with Crippen molar-refractivity contribution >= 4 is 12.4 Å². The minimum absolute atomic E-state index is 0. The van der Waals surface area contributed by atoms with Crippen LogP contribution in [0.15, 0.2) is 12.7 Å². The van der Waals surface area contributed by atoms with Gasteiger partial charge in [0.2, 0.25) is 0 Å². The van der Waals surface area contributed by atoms with Gasteiger partial charge in [-0.1, -0.05) is 6.08 Å². The summed E-state index contributed by atoms with van der Waals surface area (Å²) in [5.41, 5.74) is -0.770. The topological polar surface area (TPSA) is 32.3 Å². The van der Waals surface area contributed by atoms with Crippen LogP contribution in [0.2, 0.25) is 0 Å². The third-order valence-corrected chi connectivity index (χ3v) is 0.679. The summed E-state index contributed by atoms with van der Waals surface area (Å²) in [6.45, 7) is 7.51. The van der Waals surface area contributed by atoms with E-state index in [0.29, 0.717) is 6.54 Å². The molecule has 3 heteroatoms. The highest BCUT2D eigenvalue weighted by Gasteiger charge is 2.07. The van der Waals surface area contributed by atoms with Gasteiger partial charge < -0.3 is 5.11 Å². The highest BCUT2D eigenvalue weighted by molar-refractivity contribution is 5.85. The van der Waals surface area contributed by atoms with Gasteiger partial charge in [-0.25, -0.2) is 0 Å². The predicted octanol–water partition coefficient (Wildman–Crippen LogP) is 0.912. The minimum atomic E-state index is -0.770. The normalized spacial score (nSPS) is 10.1. The number of hydrogen-bond donors (Lipinski definition) is 2. The molecule has 0 rings (SSSR count). The van der Waals surface area contributed by atoms with E-state index in [9.17, 15) is 0 Å². The molecule has 0 aliphatic carbocycles.